The molecule has 1 atom stereocenters. The van der Waals surface area contributed by atoms with Crippen LogP contribution in [0.1, 0.15) is 16.7 Å². The molecule has 0 aliphatic carbocycles. The van der Waals surface area contributed by atoms with Crippen molar-refractivity contribution in [3.63, 3.8) is 0 Å². The van der Waals surface area contributed by atoms with Crippen LogP contribution in [0.4, 0.5) is 32.4 Å². The molecule has 11 heteroatoms. The van der Waals surface area contributed by atoms with Crippen LogP contribution < -0.4 is 10.6 Å². The summed E-state index contributed by atoms with van der Waals surface area (Å²) < 4.78 is 66.3. The first-order valence-corrected chi connectivity index (χ1v) is 8.15. The Bertz CT molecular complexity index is 1080. The smallest absolute Gasteiger partial charge is 0.323 e. The van der Waals surface area contributed by atoms with Gasteiger partial charge in [0.2, 0.25) is 5.54 Å². The van der Waals surface area contributed by atoms with E-state index in [1.165, 1.54) is 6.07 Å². The van der Waals surface area contributed by atoms with Gasteiger partial charge in [0, 0.05) is 16.8 Å². The van der Waals surface area contributed by atoms with E-state index in [9.17, 15) is 36.3 Å². The van der Waals surface area contributed by atoms with Gasteiger partial charge in [0.15, 0.2) is 0 Å². The van der Waals surface area contributed by atoms with Crippen LogP contribution in [0.3, 0.4) is 0 Å². The van der Waals surface area contributed by atoms with Crippen LogP contribution in [0.25, 0.3) is 0 Å². The second-order valence-corrected chi connectivity index (χ2v) is 6.50. The predicted molar refractivity (Wildman–Crippen MR) is 87.2 cm³/mol. The third-order valence-corrected chi connectivity index (χ3v) is 4.86. The molecule has 1 spiro atoms. The lowest BCUT2D eigenvalue weighted by Crippen LogP contribution is -2.51. The number of nitrogens with zero attached hydrogens (tertiary/aromatic N) is 1. The van der Waals surface area contributed by atoms with E-state index in [0.29, 0.717) is 11.0 Å². The number of urea groups is 1. The number of carbonyl (C=O) groups excluding carboxylic acids is 3. The number of anilines is 1. The summed E-state index contributed by atoms with van der Waals surface area (Å²) in [5.74, 6) is -4.10. The standard InChI is InChI=1S/C18H10F5N3O3/c19-10-3-4-13-11(6-10)17(14(27)24-13)15(28)25-16(29)26(17)7-8-1-2-9(5-12(8)20)18(21,22)23/h1-6H,7H2,(H,24,27)(H,25,28,29)/t17-/m1/s1. The minimum absolute atomic E-state index is 0.0825. The summed E-state index contributed by atoms with van der Waals surface area (Å²) >= 11 is 0. The molecule has 6 nitrogen and oxygen atoms in total. The molecule has 2 aliphatic heterocycles. The van der Waals surface area contributed by atoms with E-state index in [1.807, 2.05) is 5.32 Å². The molecule has 29 heavy (non-hydrogen) atoms. The van der Waals surface area contributed by atoms with Crippen molar-refractivity contribution in [1.29, 1.82) is 0 Å². The quantitative estimate of drug-likeness (QED) is 0.453. The molecule has 1 saturated heterocycles. The van der Waals surface area contributed by atoms with Gasteiger partial charge in [-0.3, -0.25) is 19.8 Å². The molecular weight excluding hydrogens is 401 g/mol. The number of hydrogen-bond donors (Lipinski definition) is 2. The van der Waals surface area contributed by atoms with Gasteiger partial charge in [-0.2, -0.15) is 13.2 Å². The summed E-state index contributed by atoms with van der Waals surface area (Å²) in [7, 11) is 0. The van der Waals surface area contributed by atoms with Crippen molar-refractivity contribution in [1.82, 2.24) is 10.2 Å². The highest BCUT2D eigenvalue weighted by molar-refractivity contribution is 6.26. The molecule has 0 bridgehead atoms. The lowest BCUT2D eigenvalue weighted by atomic mass is 9.89. The zero-order valence-electron chi connectivity index (χ0n) is 14.2. The molecule has 2 aromatic rings. The Balaban J connectivity index is 1.80. The number of halogens is 5. The molecule has 4 rings (SSSR count). The average molecular weight is 411 g/mol. The van der Waals surface area contributed by atoms with Crippen molar-refractivity contribution in [2.24, 2.45) is 0 Å². The maximum Gasteiger partial charge on any atom is 0.416 e. The number of hydrogen-bond acceptors (Lipinski definition) is 3. The summed E-state index contributed by atoms with van der Waals surface area (Å²) in [6.45, 7) is -0.703. The molecule has 0 aromatic heterocycles. The maximum atomic E-state index is 14.3. The molecule has 4 amide bonds. The van der Waals surface area contributed by atoms with Gasteiger partial charge in [-0.1, -0.05) is 6.07 Å². The summed E-state index contributed by atoms with van der Waals surface area (Å²) in [5, 5.41) is 4.29. The Morgan fingerprint density at radius 3 is 2.28 bits per heavy atom. The second kappa shape index (κ2) is 6.00. The monoisotopic (exact) mass is 411 g/mol. The number of nitrogens with one attached hydrogen (secondary N) is 2. The molecule has 1 fully saturated rings. The van der Waals surface area contributed by atoms with Crippen molar-refractivity contribution >= 4 is 23.5 Å². The van der Waals surface area contributed by atoms with E-state index in [2.05, 4.69) is 5.32 Å². The highest BCUT2D eigenvalue weighted by Crippen LogP contribution is 2.44. The Morgan fingerprint density at radius 1 is 0.931 bits per heavy atom. The highest BCUT2D eigenvalue weighted by atomic mass is 19.4. The lowest BCUT2D eigenvalue weighted by molar-refractivity contribution is -0.138. The Kier molecular flexibility index (Phi) is 3.90. The summed E-state index contributed by atoms with van der Waals surface area (Å²) in [5.41, 5.74) is -3.97. The van der Waals surface area contributed by atoms with Crippen LogP contribution >= 0.6 is 0 Å². The normalized spacial score (nSPS) is 20.9. The van der Waals surface area contributed by atoms with Gasteiger partial charge in [-0.25, -0.2) is 13.6 Å². The molecule has 150 valence electrons. The van der Waals surface area contributed by atoms with Crippen LogP contribution in [-0.2, 0) is 27.8 Å². The van der Waals surface area contributed by atoms with Crippen molar-refractivity contribution in [2.45, 2.75) is 18.3 Å². The van der Waals surface area contributed by atoms with Crippen LogP contribution in [-0.4, -0.2) is 22.7 Å². The van der Waals surface area contributed by atoms with Gasteiger partial charge < -0.3 is 5.32 Å². The Morgan fingerprint density at radius 2 is 1.62 bits per heavy atom. The largest absolute Gasteiger partial charge is 0.416 e. The van der Waals surface area contributed by atoms with Crippen molar-refractivity contribution < 1.29 is 36.3 Å². The van der Waals surface area contributed by atoms with Gasteiger partial charge in [-0.15, -0.1) is 0 Å². The Labute approximate surface area is 159 Å². The zero-order valence-corrected chi connectivity index (χ0v) is 14.2. The van der Waals surface area contributed by atoms with Crippen molar-refractivity contribution in [2.75, 3.05) is 5.32 Å². The number of carbonyl (C=O) groups is 3. The molecular formula is C18H10F5N3O3. The van der Waals surface area contributed by atoms with E-state index < -0.39 is 53.3 Å². The van der Waals surface area contributed by atoms with Crippen LogP contribution in [0.2, 0.25) is 0 Å². The van der Waals surface area contributed by atoms with Crippen LogP contribution in [0, 0.1) is 11.6 Å². The first kappa shape index (κ1) is 18.8. The molecule has 2 aliphatic rings. The Hall–Kier alpha value is -3.50. The average Bonchev–Trinajstić information content (AvgIpc) is 3.05. The van der Waals surface area contributed by atoms with Gasteiger partial charge >= 0.3 is 12.2 Å². The lowest BCUT2D eigenvalue weighted by Gasteiger charge is -2.30. The zero-order chi connectivity index (χ0) is 21.1. The number of benzene rings is 2. The fourth-order valence-corrected chi connectivity index (χ4v) is 3.50. The minimum Gasteiger partial charge on any atom is -0.323 e. The second-order valence-electron chi connectivity index (χ2n) is 6.50. The van der Waals surface area contributed by atoms with Gasteiger partial charge in [0.1, 0.15) is 11.6 Å². The number of fused-ring (bicyclic) bond motifs is 2. The topological polar surface area (TPSA) is 78.5 Å². The number of alkyl halides is 3. The third-order valence-electron chi connectivity index (χ3n) is 4.86. The third kappa shape index (κ3) is 2.64. The predicted octanol–water partition coefficient (Wildman–Crippen LogP) is 2.88. The molecule has 2 N–H and O–H groups in total. The highest BCUT2D eigenvalue weighted by Gasteiger charge is 2.63. The van der Waals surface area contributed by atoms with Crippen molar-refractivity contribution in [3.8, 4) is 0 Å². The fourth-order valence-electron chi connectivity index (χ4n) is 3.50. The summed E-state index contributed by atoms with van der Waals surface area (Å²) in [4.78, 5) is 38.2. The van der Waals surface area contributed by atoms with Gasteiger partial charge in [-0.05, 0) is 30.3 Å². The molecule has 0 radical (unpaired) electrons. The fraction of sp³-hybridized carbons (Fsp3) is 0.167. The first-order chi connectivity index (χ1) is 13.5. The van der Waals surface area contributed by atoms with E-state index >= 15 is 0 Å². The van der Waals surface area contributed by atoms with Crippen LogP contribution in [0.5, 0.6) is 0 Å². The molecule has 2 aromatic carbocycles. The van der Waals surface area contributed by atoms with Gasteiger partial charge in [0.05, 0.1) is 12.1 Å². The number of rotatable bonds is 2. The van der Waals surface area contributed by atoms with E-state index in [4.69, 9.17) is 0 Å². The van der Waals surface area contributed by atoms with E-state index in [-0.39, 0.29) is 22.9 Å². The van der Waals surface area contributed by atoms with Crippen LogP contribution in [0.15, 0.2) is 36.4 Å². The van der Waals surface area contributed by atoms with E-state index in [1.54, 1.807) is 0 Å². The van der Waals surface area contributed by atoms with Crippen molar-refractivity contribution in [3.05, 3.63) is 64.7 Å². The maximum absolute atomic E-state index is 14.3. The van der Waals surface area contributed by atoms with Gasteiger partial charge in [0.25, 0.3) is 11.8 Å². The van der Waals surface area contributed by atoms with E-state index in [0.717, 1.165) is 18.2 Å². The number of amides is 4. The molecule has 0 saturated carbocycles. The number of imide groups is 1. The minimum atomic E-state index is -4.77. The summed E-state index contributed by atoms with van der Waals surface area (Å²) in [6.07, 6.45) is -4.77. The molecule has 0 unspecified atom stereocenters. The molecule has 2 heterocycles. The SMILES string of the molecule is O=C1NC(=O)[C@@]2(C(=O)Nc3ccc(F)cc32)N1Cc1ccc(C(F)(F)F)cc1F. The summed E-state index contributed by atoms with van der Waals surface area (Å²) in [6, 6.07) is 3.73. The first-order valence-electron chi connectivity index (χ1n) is 8.15.